The Kier molecular flexibility index (Phi) is 3.23. The molecule has 2 aromatic rings. The lowest BCUT2D eigenvalue weighted by Gasteiger charge is -2.13. The van der Waals surface area contributed by atoms with Crippen molar-refractivity contribution in [1.29, 1.82) is 0 Å². The van der Waals surface area contributed by atoms with E-state index in [9.17, 15) is 13.2 Å². The molecule has 0 saturated heterocycles. The first kappa shape index (κ1) is 12.4. The summed E-state index contributed by atoms with van der Waals surface area (Å²) in [5, 5.41) is 0. The van der Waals surface area contributed by atoms with Crippen LogP contribution in [0.5, 0.6) is 5.75 Å². The molecule has 0 aliphatic rings. The minimum absolute atomic E-state index is 0.0162. The van der Waals surface area contributed by atoms with Gasteiger partial charge >= 0.3 is 6.18 Å². The van der Waals surface area contributed by atoms with Crippen molar-refractivity contribution in [2.24, 2.45) is 0 Å². The summed E-state index contributed by atoms with van der Waals surface area (Å²) in [5.41, 5.74) is -0.516. The molecule has 5 heteroatoms. The predicted octanol–water partition coefficient (Wildman–Crippen LogP) is 3.78. The molecule has 1 aromatic carbocycles. The van der Waals surface area contributed by atoms with Crippen LogP contribution in [0.25, 0.3) is 11.3 Å². The predicted molar refractivity (Wildman–Crippen MR) is 61.2 cm³/mol. The lowest BCUT2D eigenvalue weighted by Crippen LogP contribution is -2.07. The first-order valence-electron chi connectivity index (χ1n) is 5.19. The minimum Gasteiger partial charge on any atom is -0.494 e. The van der Waals surface area contributed by atoms with E-state index in [0.717, 1.165) is 6.07 Å². The molecule has 0 unspecified atom stereocenters. The Bertz CT molecular complexity index is 552. The molecule has 0 fully saturated rings. The Morgan fingerprint density at radius 2 is 1.78 bits per heavy atom. The maximum atomic E-state index is 12.9. The van der Waals surface area contributed by atoms with Gasteiger partial charge < -0.3 is 4.74 Å². The molecule has 18 heavy (non-hydrogen) atoms. The molecular weight excluding hydrogens is 243 g/mol. The Balaban J connectivity index is 2.65. The fraction of sp³-hybridized carbons (Fsp3) is 0.154. The number of alkyl halides is 3. The van der Waals surface area contributed by atoms with Crippen molar-refractivity contribution in [3.8, 4) is 17.0 Å². The summed E-state index contributed by atoms with van der Waals surface area (Å²) >= 11 is 0. The standard InChI is InChI=1S/C13H10F3NO/c1-18-11-7-4-8-17-12(11)9-5-2-3-6-10(9)13(14,15)16/h2-8H,1H3. The zero-order chi connectivity index (χ0) is 13.2. The largest absolute Gasteiger partial charge is 0.494 e. The van der Waals surface area contributed by atoms with Crippen LogP contribution in [0.4, 0.5) is 13.2 Å². The number of pyridine rings is 1. The average Bonchev–Trinajstić information content (AvgIpc) is 2.37. The van der Waals surface area contributed by atoms with Gasteiger partial charge in [0, 0.05) is 11.8 Å². The number of benzene rings is 1. The third-order valence-electron chi connectivity index (χ3n) is 2.48. The van der Waals surface area contributed by atoms with Crippen LogP contribution in [0.1, 0.15) is 5.56 Å². The summed E-state index contributed by atoms with van der Waals surface area (Å²) < 4.78 is 43.7. The Hall–Kier alpha value is -2.04. The zero-order valence-electron chi connectivity index (χ0n) is 9.53. The van der Waals surface area contributed by atoms with Crippen LogP contribution < -0.4 is 4.74 Å². The van der Waals surface area contributed by atoms with Gasteiger partial charge in [0.25, 0.3) is 0 Å². The monoisotopic (exact) mass is 253 g/mol. The highest BCUT2D eigenvalue weighted by molar-refractivity contribution is 5.70. The van der Waals surface area contributed by atoms with E-state index in [-0.39, 0.29) is 11.3 Å². The average molecular weight is 253 g/mol. The molecule has 0 saturated carbocycles. The van der Waals surface area contributed by atoms with Gasteiger partial charge in [-0.1, -0.05) is 18.2 Å². The molecule has 0 bridgehead atoms. The summed E-state index contributed by atoms with van der Waals surface area (Å²) in [5.74, 6) is 0.314. The Labute approximate surface area is 102 Å². The Morgan fingerprint density at radius 1 is 1.06 bits per heavy atom. The van der Waals surface area contributed by atoms with E-state index in [1.165, 1.54) is 25.4 Å². The SMILES string of the molecule is COc1cccnc1-c1ccccc1C(F)(F)F. The highest BCUT2D eigenvalue weighted by atomic mass is 19.4. The van der Waals surface area contributed by atoms with Crippen LogP contribution in [0.3, 0.4) is 0 Å². The van der Waals surface area contributed by atoms with Gasteiger partial charge in [0.1, 0.15) is 11.4 Å². The van der Waals surface area contributed by atoms with E-state index < -0.39 is 11.7 Å². The van der Waals surface area contributed by atoms with Gasteiger partial charge in [0.2, 0.25) is 0 Å². The van der Waals surface area contributed by atoms with Crippen molar-refractivity contribution in [1.82, 2.24) is 4.98 Å². The van der Waals surface area contributed by atoms with Crippen molar-refractivity contribution in [3.05, 3.63) is 48.2 Å². The van der Waals surface area contributed by atoms with Gasteiger partial charge in [-0.15, -0.1) is 0 Å². The van der Waals surface area contributed by atoms with Crippen LogP contribution in [0, 0.1) is 0 Å². The Morgan fingerprint density at radius 3 is 2.44 bits per heavy atom. The molecule has 0 aliphatic carbocycles. The smallest absolute Gasteiger partial charge is 0.417 e. The molecule has 94 valence electrons. The molecule has 0 radical (unpaired) electrons. The summed E-state index contributed by atoms with van der Waals surface area (Å²) in [7, 11) is 1.40. The number of aromatic nitrogens is 1. The number of hydrogen-bond acceptors (Lipinski definition) is 2. The van der Waals surface area contributed by atoms with Gasteiger partial charge in [-0.25, -0.2) is 0 Å². The third-order valence-corrected chi connectivity index (χ3v) is 2.48. The van der Waals surface area contributed by atoms with Gasteiger partial charge in [0.05, 0.1) is 12.7 Å². The van der Waals surface area contributed by atoms with Crippen molar-refractivity contribution < 1.29 is 17.9 Å². The second-order valence-electron chi connectivity index (χ2n) is 3.60. The second kappa shape index (κ2) is 4.68. The van der Waals surface area contributed by atoms with E-state index >= 15 is 0 Å². The van der Waals surface area contributed by atoms with Gasteiger partial charge in [-0.3, -0.25) is 4.98 Å². The van der Waals surface area contributed by atoms with E-state index in [0.29, 0.717) is 5.75 Å². The maximum absolute atomic E-state index is 12.9. The van der Waals surface area contributed by atoms with Crippen LogP contribution in [-0.4, -0.2) is 12.1 Å². The van der Waals surface area contributed by atoms with Crippen molar-refractivity contribution in [3.63, 3.8) is 0 Å². The van der Waals surface area contributed by atoms with E-state index in [4.69, 9.17) is 4.74 Å². The summed E-state index contributed by atoms with van der Waals surface area (Å²) in [6.07, 6.45) is -2.98. The van der Waals surface area contributed by atoms with E-state index in [1.807, 2.05) is 0 Å². The number of methoxy groups -OCH3 is 1. The quantitative estimate of drug-likeness (QED) is 0.812. The highest BCUT2D eigenvalue weighted by Gasteiger charge is 2.34. The lowest BCUT2D eigenvalue weighted by atomic mass is 10.0. The molecule has 0 atom stereocenters. The number of nitrogens with zero attached hydrogens (tertiary/aromatic N) is 1. The molecule has 0 spiro atoms. The molecule has 2 nitrogen and oxygen atoms in total. The second-order valence-corrected chi connectivity index (χ2v) is 3.60. The van der Waals surface area contributed by atoms with Crippen LogP contribution >= 0.6 is 0 Å². The first-order valence-corrected chi connectivity index (χ1v) is 5.19. The van der Waals surface area contributed by atoms with Gasteiger partial charge in [0.15, 0.2) is 0 Å². The van der Waals surface area contributed by atoms with Gasteiger partial charge in [-0.05, 0) is 18.2 Å². The molecule has 2 rings (SSSR count). The first-order chi connectivity index (χ1) is 8.54. The zero-order valence-corrected chi connectivity index (χ0v) is 9.53. The topological polar surface area (TPSA) is 22.1 Å². The highest BCUT2D eigenvalue weighted by Crippen LogP contribution is 2.38. The fourth-order valence-electron chi connectivity index (χ4n) is 1.69. The van der Waals surface area contributed by atoms with Gasteiger partial charge in [-0.2, -0.15) is 13.2 Å². The van der Waals surface area contributed by atoms with E-state index in [1.54, 1.807) is 18.2 Å². The summed E-state index contributed by atoms with van der Waals surface area (Å²) in [6, 6.07) is 8.49. The van der Waals surface area contributed by atoms with Crippen molar-refractivity contribution in [2.45, 2.75) is 6.18 Å². The number of hydrogen-bond donors (Lipinski definition) is 0. The molecule has 1 heterocycles. The van der Waals surface area contributed by atoms with Crippen molar-refractivity contribution >= 4 is 0 Å². The van der Waals surface area contributed by atoms with E-state index in [2.05, 4.69) is 4.98 Å². The minimum atomic E-state index is -4.42. The van der Waals surface area contributed by atoms with Crippen LogP contribution in [0.2, 0.25) is 0 Å². The number of rotatable bonds is 2. The summed E-state index contributed by atoms with van der Waals surface area (Å²) in [6.45, 7) is 0. The van der Waals surface area contributed by atoms with Crippen LogP contribution in [-0.2, 0) is 6.18 Å². The number of ether oxygens (including phenoxy) is 1. The third kappa shape index (κ3) is 2.30. The molecule has 0 amide bonds. The molecule has 0 aliphatic heterocycles. The maximum Gasteiger partial charge on any atom is 0.417 e. The normalized spacial score (nSPS) is 11.3. The number of halogens is 3. The molecular formula is C13H10F3NO. The van der Waals surface area contributed by atoms with Crippen LogP contribution in [0.15, 0.2) is 42.6 Å². The lowest BCUT2D eigenvalue weighted by molar-refractivity contribution is -0.137. The fourth-order valence-corrected chi connectivity index (χ4v) is 1.69. The van der Waals surface area contributed by atoms with Crippen molar-refractivity contribution in [2.75, 3.05) is 7.11 Å². The molecule has 1 aromatic heterocycles. The summed E-state index contributed by atoms with van der Waals surface area (Å²) in [4.78, 5) is 3.97. The molecule has 0 N–H and O–H groups in total.